The Morgan fingerprint density at radius 1 is 1.07 bits per heavy atom. The molecule has 2 unspecified atom stereocenters. The predicted molar refractivity (Wildman–Crippen MR) is 165 cm³/mol. The highest BCUT2D eigenvalue weighted by Crippen LogP contribution is 2.65. The summed E-state index contributed by atoms with van der Waals surface area (Å²) in [5.41, 5.74) is 6.94. The fourth-order valence-corrected chi connectivity index (χ4v) is 6.64. The zero-order chi connectivity index (χ0) is 32.1. The number of carbonyl (C=O) groups excluding carboxylic acids is 1. The van der Waals surface area contributed by atoms with E-state index in [1.165, 1.54) is 18.5 Å². The number of fused-ring (bicyclic) bond motifs is 3. The number of carboxylic acid groups (broad SMARTS) is 1. The Morgan fingerprint density at radius 3 is 2.38 bits per heavy atom. The van der Waals surface area contributed by atoms with Gasteiger partial charge in [0.2, 0.25) is 5.91 Å². The minimum Gasteiger partial charge on any atom is -0.497 e. The van der Waals surface area contributed by atoms with E-state index < -0.39 is 17.6 Å². The lowest BCUT2D eigenvalue weighted by Gasteiger charge is -2.36. The largest absolute Gasteiger partial charge is 0.497 e. The van der Waals surface area contributed by atoms with Crippen LogP contribution < -0.4 is 15.0 Å². The number of nitrogens with one attached hydrogen (secondary N) is 2. The Hall–Kier alpha value is -4.58. The van der Waals surface area contributed by atoms with Crippen LogP contribution in [-0.2, 0) is 15.0 Å². The first-order valence-corrected chi connectivity index (χ1v) is 14.7. The molecule has 0 radical (unpaired) electrons. The van der Waals surface area contributed by atoms with Crippen LogP contribution in [0.15, 0.2) is 60.7 Å². The molecule has 1 saturated heterocycles. The highest BCUT2D eigenvalue weighted by molar-refractivity contribution is 6.10. The summed E-state index contributed by atoms with van der Waals surface area (Å²) >= 11 is 0. The fourth-order valence-electron chi connectivity index (χ4n) is 6.64. The standard InChI is InChI=1S/C31H33N5O2.C2HF3O2/c1-35(2)21-12-14-36(15-13-21)22-7-4-19(5-8-22)29-24-10-6-20(16-28(24)33-34-29)26-18-31(26)25-17-23(38-3)9-11-27(25)32-30(31)37;3-2(4,5)1(6)7/h4-11,16-17,21,26H,12-15,18H2,1-3H3,(H,32,37)(H,33,34);(H,6,7). The lowest BCUT2D eigenvalue weighted by molar-refractivity contribution is -0.192. The average molecular weight is 622 g/mol. The number of methoxy groups -OCH3 is 1. The number of H-pyrrole nitrogens is 1. The molecule has 236 valence electrons. The van der Waals surface area contributed by atoms with Crippen molar-refractivity contribution in [3.63, 3.8) is 0 Å². The van der Waals surface area contributed by atoms with Crippen molar-refractivity contribution in [2.75, 3.05) is 44.5 Å². The van der Waals surface area contributed by atoms with E-state index in [2.05, 4.69) is 81.9 Å². The second-order valence-electron chi connectivity index (χ2n) is 12.0. The quantitative estimate of drug-likeness (QED) is 0.259. The Labute approximate surface area is 258 Å². The number of aromatic nitrogens is 2. The van der Waals surface area contributed by atoms with Gasteiger partial charge >= 0.3 is 12.1 Å². The van der Waals surface area contributed by atoms with Crippen molar-refractivity contribution < 1.29 is 32.6 Å². The molecule has 2 fully saturated rings. The molecule has 4 aromatic rings. The number of anilines is 2. The van der Waals surface area contributed by atoms with Gasteiger partial charge in [0.1, 0.15) is 5.75 Å². The molecule has 1 saturated carbocycles. The van der Waals surface area contributed by atoms with Gasteiger partial charge in [-0.05, 0) is 80.9 Å². The van der Waals surface area contributed by atoms with Gasteiger partial charge in [-0.25, -0.2) is 4.79 Å². The van der Waals surface area contributed by atoms with Crippen molar-refractivity contribution in [1.82, 2.24) is 15.1 Å². The van der Waals surface area contributed by atoms with Crippen LogP contribution in [0.4, 0.5) is 24.5 Å². The van der Waals surface area contributed by atoms with Gasteiger partial charge in [0, 0.05) is 47.4 Å². The molecule has 12 heteroatoms. The Bertz CT molecular complexity index is 1750. The summed E-state index contributed by atoms with van der Waals surface area (Å²) in [6.07, 6.45) is -1.88. The highest BCUT2D eigenvalue weighted by Gasteiger charge is 2.65. The maximum absolute atomic E-state index is 13.1. The van der Waals surface area contributed by atoms with E-state index in [1.807, 2.05) is 18.2 Å². The van der Waals surface area contributed by atoms with Crippen LogP contribution in [0.25, 0.3) is 22.2 Å². The molecule has 3 N–H and O–H groups in total. The predicted octanol–water partition coefficient (Wildman–Crippen LogP) is 5.78. The second-order valence-corrected chi connectivity index (χ2v) is 12.0. The molecule has 45 heavy (non-hydrogen) atoms. The number of aliphatic carboxylic acids is 1. The number of hydrogen-bond donors (Lipinski definition) is 3. The molecule has 2 aliphatic heterocycles. The molecule has 3 aromatic carbocycles. The molecule has 0 bridgehead atoms. The van der Waals surface area contributed by atoms with Gasteiger partial charge in [-0.15, -0.1) is 0 Å². The molecule has 9 nitrogen and oxygen atoms in total. The van der Waals surface area contributed by atoms with Gasteiger partial charge in [-0.2, -0.15) is 18.3 Å². The SMILES string of the molecule is COc1ccc2c(c1)C1(CC1c1ccc3c(-c4ccc(N5CCC(N(C)C)CC5)cc4)n[nH]c3c1)C(=O)N2.O=C(O)C(F)(F)F. The molecular formula is C33H34F3N5O4. The number of benzene rings is 3. The Balaban J connectivity index is 0.000000460. The number of alkyl halides is 3. The number of halogens is 3. The molecular weight excluding hydrogens is 587 g/mol. The van der Waals surface area contributed by atoms with E-state index in [1.54, 1.807) is 7.11 Å². The van der Waals surface area contributed by atoms with Gasteiger partial charge in [-0.3, -0.25) is 9.89 Å². The summed E-state index contributed by atoms with van der Waals surface area (Å²) in [5, 5.41) is 19.2. The third kappa shape index (κ3) is 5.58. The molecule has 1 amide bonds. The minimum atomic E-state index is -5.08. The van der Waals surface area contributed by atoms with Crippen LogP contribution in [0.3, 0.4) is 0 Å². The summed E-state index contributed by atoms with van der Waals surface area (Å²) in [4.78, 5) is 26.8. The third-order valence-electron chi connectivity index (χ3n) is 9.25. The molecule has 1 spiro atoms. The molecule has 3 aliphatic rings. The van der Waals surface area contributed by atoms with Crippen LogP contribution in [0.5, 0.6) is 5.75 Å². The van der Waals surface area contributed by atoms with E-state index >= 15 is 0 Å². The van der Waals surface area contributed by atoms with Crippen LogP contribution in [-0.4, -0.2) is 78.6 Å². The van der Waals surface area contributed by atoms with Crippen molar-refractivity contribution in [2.45, 2.75) is 42.8 Å². The molecule has 3 heterocycles. The maximum Gasteiger partial charge on any atom is 0.490 e. The fraction of sp³-hybridized carbons (Fsp3) is 0.364. The minimum absolute atomic E-state index is 0.0854. The number of ether oxygens (including phenoxy) is 1. The maximum atomic E-state index is 13.1. The number of carbonyl (C=O) groups is 2. The normalized spacial score (nSPS) is 21.0. The first-order valence-electron chi connectivity index (χ1n) is 14.7. The number of hydrogen-bond acceptors (Lipinski definition) is 6. The monoisotopic (exact) mass is 621 g/mol. The second kappa shape index (κ2) is 11.4. The lowest BCUT2D eigenvalue weighted by Crippen LogP contribution is -2.41. The van der Waals surface area contributed by atoms with Crippen molar-refractivity contribution >= 4 is 34.2 Å². The molecule has 7 rings (SSSR count). The van der Waals surface area contributed by atoms with E-state index in [9.17, 15) is 18.0 Å². The molecule has 1 aromatic heterocycles. The third-order valence-corrected chi connectivity index (χ3v) is 9.25. The first-order chi connectivity index (χ1) is 21.4. The summed E-state index contributed by atoms with van der Waals surface area (Å²) in [6, 6.07) is 21.8. The van der Waals surface area contributed by atoms with Gasteiger partial charge in [0.25, 0.3) is 0 Å². The van der Waals surface area contributed by atoms with Gasteiger partial charge in [0.15, 0.2) is 0 Å². The van der Waals surface area contributed by atoms with Crippen LogP contribution in [0, 0.1) is 0 Å². The average Bonchev–Trinajstić information content (AvgIpc) is 3.55. The number of piperidine rings is 1. The lowest BCUT2D eigenvalue weighted by atomic mass is 9.91. The topological polar surface area (TPSA) is 111 Å². The number of rotatable bonds is 5. The molecule has 2 atom stereocenters. The van der Waals surface area contributed by atoms with Crippen molar-refractivity contribution in [3.8, 4) is 17.0 Å². The van der Waals surface area contributed by atoms with Gasteiger partial charge < -0.3 is 25.0 Å². The summed E-state index contributed by atoms with van der Waals surface area (Å²) in [5.74, 6) is -1.75. The van der Waals surface area contributed by atoms with E-state index in [-0.39, 0.29) is 11.8 Å². The van der Waals surface area contributed by atoms with Crippen LogP contribution in [0.1, 0.15) is 36.3 Å². The zero-order valence-corrected chi connectivity index (χ0v) is 25.1. The van der Waals surface area contributed by atoms with Crippen molar-refractivity contribution in [2.24, 2.45) is 0 Å². The number of amides is 1. The van der Waals surface area contributed by atoms with Gasteiger partial charge in [-0.1, -0.05) is 24.3 Å². The van der Waals surface area contributed by atoms with Gasteiger partial charge in [0.05, 0.1) is 23.7 Å². The van der Waals surface area contributed by atoms with E-state index in [0.29, 0.717) is 6.04 Å². The number of carboxylic acids is 1. The van der Waals surface area contributed by atoms with E-state index in [0.717, 1.165) is 64.2 Å². The first kappa shape index (κ1) is 30.4. The highest BCUT2D eigenvalue weighted by atomic mass is 19.4. The van der Waals surface area contributed by atoms with Crippen molar-refractivity contribution in [3.05, 3.63) is 71.8 Å². The smallest absolute Gasteiger partial charge is 0.490 e. The van der Waals surface area contributed by atoms with Crippen molar-refractivity contribution in [1.29, 1.82) is 0 Å². The van der Waals surface area contributed by atoms with Crippen LogP contribution >= 0.6 is 0 Å². The Kier molecular flexibility index (Phi) is 7.72. The zero-order valence-electron chi connectivity index (χ0n) is 25.1. The number of aromatic amines is 1. The summed E-state index contributed by atoms with van der Waals surface area (Å²) in [6.45, 7) is 2.18. The summed E-state index contributed by atoms with van der Waals surface area (Å²) < 4.78 is 37.2. The Morgan fingerprint density at radius 2 is 1.76 bits per heavy atom. The molecule has 1 aliphatic carbocycles. The van der Waals surface area contributed by atoms with E-state index in [4.69, 9.17) is 14.6 Å². The van der Waals surface area contributed by atoms with Crippen LogP contribution in [0.2, 0.25) is 0 Å². The summed E-state index contributed by atoms with van der Waals surface area (Å²) in [7, 11) is 6.02. The number of nitrogens with zero attached hydrogens (tertiary/aromatic N) is 3.